The van der Waals surface area contributed by atoms with Crippen LogP contribution in [0.25, 0.3) is 33.4 Å². The van der Waals surface area contributed by atoms with E-state index in [-0.39, 0.29) is 11.6 Å². The Kier molecular flexibility index (Phi) is 7.29. The molecule has 0 saturated carbocycles. The van der Waals surface area contributed by atoms with Gasteiger partial charge in [-0.05, 0) is 106 Å². The monoisotopic (exact) mass is 539 g/mol. The number of rotatable bonds is 7. The van der Waals surface area contributed by atoms with Crippen LogP contribution in [0, 0.1) is 11.6 Å². The Hall–Kier alpha value is -5.22. The highest BCUT2D eigenvalue weighted by molar-refractivity contribution is 5.81. The molecular weight excluding hydrogens is 512 g/mol. The molecule has 4 heteroatoms. The highest BCUT2D eigenvalue weighted by atomic mass is 19.1. The second-order valence-corrected chi connectivity index (χ2v) is 9.72. The van der Waals surface area contributed by atoms with Crippen LogP contribution in [0.1, 0.15) is 0 Å². The number of halogens is 2. The number of hydrogen-bond donors (Lipinski definition) is 0. The predicted octanol–water partition coefficient (Wildman–Crippen LogP) is 10.4. The van der Waals surface area contributed by atoms with Crippen LogP contribution in [0.2, 0.25) is 0 Å². The van der Waals surface area contributed by atoms with Gasteiger partial charge in [-0.3, -0.25) is 0 Å². The van der Waals surface area contributed by atoms with Crippen molar-refractivity contribution in [3.05, 3.63) is 157 Å². The van der Waals surface area contributed by atoms with Crippen molar-refractivity contribution < 1.29 is 13.5 Å². The van der Waals surface area contributed by atoms with Crippen LogP contribution in [0.4, 0.5) is 25.8 Å². The van der Waals surface area contributed by atoms with Crippen molar-refractivity contribution in [1.29, 1.82) is 0 Å². The van der Waals surface area contributed by atoms with Crippen molar-refractivity contribution in [2.45, 2.75) is 0 Å². The summed E-state index contributed by atoms with van der Waals surface area (Å²) in [4.78, 5) is 2.20. The minimum Gasteiger partial charge on any atom is -0.497 e. The van der Waals surface area contributed by atoms with Crippen molar-refractivity contribution in [2.24, 2.45) is 0 Å². The first-order valence-corrected chi connectivity index (χ1v) is 13.3. The Bertz CT molecular complexity index is 1640. The van der Waals surface area contributed by atoms with E-state index in [2.05, 4.69) is 53.4 Å². The van der Waals surface area contributed by atoms with E-state index in [1.807, 2.05) is 48.5 Å². The molecule has 2 nitrogen and oxygen atoms in total. The molecule has 6 aromatic rings. The zero-order valence-corrected chi connectivity index (χ0v) is 22.5. The summed E-state index contributed by atoms with van der Waals surface area (Å²) >= 11 is 0. The molecule has 0 aliphatic heterocycles. The maximum Gasteiger partial charge on any atom is 0.123 e. The van der Waals surface area contributed by atoms with E-state index in [0.29, 0.717) is 0 Å². The van der Waals surface area contributed by atoms with Crippen LogP contribution in [0.5, 0.6) is 5.75 Å². The quantitative estimate of drug-likeness (QED) is 0.200. The maximum atomic E-state index is 13.4. The van der Waals surface area contributed by atoms with Gasteiger partial charge in [-0.25, -0.2) is 8.78 Å². The summed E-state index contributed by atoms with van der Waals surface area (Å²) in [5, 5.41) is 0. The smallest absolute Gasteiger partial charge is 0.123 e. The molecule has 0 heterocycles. The van der Waals surface area contributed by atoms with Gasteiger partial charge < -0.3 is 9.64 Å². The molecule has 0 amide bonds. The molecule has 0 saturated heterocycles. The Labute approximate surface area is 238 Å². The van der Waals surface area contributed by atoms with Crippen molar-refractivity contribution in [1.82, 2.24) is 0 Å². The molecule has 0 N–H and O–H groups in total. The van der Waals surface area contributed by atoms with Gasteiger partial charge in [-0.1, -0.05) is 72.8 Å². The lowest BCUT2D eigenvalue weighted by atomic mass is 10.0. The first-order valence-electron chi connectivity index (χ1n) is 13.3. The molecule has 0 bridgehead atoms. The third-order valence-corrected chi connectivity index (χ3v) is 7.15. The largest absolute Gasteiger partial charge is 0.497 e. The summed E-state index contributed by atoms with van der Waals surface area (Å²) in [7, 11) is 1.66. The fourth-order valence-corrected chi connectivity index (χ4v) is 4.92. The van der Waals surface area contributed by atoms with E-state index in [9.17, 15) is 8.78 Å². The summed E-state index contributed by atoms with van der Waals surface area (Å²) in [6.07, 6.45) is 0. The molecule has 0 atom stereocenters. The van der Waals surface area contributed by atoms with Crippen molar-refractivity contribution >= 4 is 17.1 Å². The van der Waals surface area contributed by atoms with Crippen molar-refractivity contribution in [3.8, 4) is 39.1 Å². The van der Waals surface area contributed by atoms with Gasteiger partial charge in [0.25, 0.3) is 0 Å². The van der Waals surface area contributed by atoms with Gasteiger partial charge in [-0.15, -0.1) is 0 Å². The lowest BCUT2D eigenvalue weighted by molar-refractivity contribution is 0.415. The first-order chi connectivity index (χ1) is 20.1. The number of ether oxygens (including phenoxy) is 1. The molecule has 0 unspecified atom stereocenters. The molecular formula is C37H27F2NO. The van der Waals surface area contributed by atoms with Crippen LogP contribution < -0.4 is 9.64 Å². The second kappa shape index (κ2) is 11.5. The summed E-state index contributed by atoms with van der Waals surface area (Å²) in [5.41, 5.74) is 9.13. The lowest BCUT2D eigenvalue weighted by Crippen LogP contribution is -2.09. The summed E-state index contributed by atoms with van der Waals surface area (Å²) in [6, 6.07) is 46.0. The highest BCUT2D eigenvalue weighted by Crippen LogP contribution is 2.37. The van der Waals surface area contributed by atoms with E-state index >= 15 is 0 Å². The van der Waals surface area contributed by atoms with Crippen molar-refractivity contribution in [2.75, 3.05) is 12.0 Å². The second-order valence-electron chi connectivity index (χ2n) is 9.72. The average Bonchev–Trinajstić information content (AvgIpc) is 3.03. The standard InChI is InChI=1S/C37H27F2NO/c1-41-37-24-12-31(13-25-37)30-10-22-36(23-11-30)40(34-18-6-28(7-19-34)26-2-14-32(38)15-3-26)35-20-8-29(9-21-35)27-4-16-33(39)17-5-27/h2-25H,1H3. The molecule has 6 aromatic carbocycles. The third kappa shape index (κ3) is 5.73. The van der Waals surface area contributed by atoms with E-state index in [0.717, 1.165) is 56.2 Å². The zero-order valence-electron chi connectivity index (χ0n) is 22.5. The predicted molar refractivity (Wildman–Crippen MR) is 164 cm³/mol. The Morgan fingerprint density at radius 2 is 0.610 bits per heavy atom. The van der Waals surface area contributed by atoms with Gasteiger partial charge in [0.15, 0.2) is 0 Å². The van der Waals surface area contributed by atoms with E-state index in [1.165, 1.54) is 24.3 Å². The van der Waals surface area contributed by atoms with Gasteiger partial charge in [-0.2, -0.15) is 0 Å². The normalized spacial score (nSPS) is 10.8. The number of nitrogens with zero attached hydrogens (tertiary/aromatic N) is 1. The third-order valence-electron chi connectivity index (χ3n) is 7.15. The minimum absolute atomic E-state index is 0.251. The fourth-order valence-electron chi connectivity index (χ4n) is 4.92. The number of methoxy groups -OCH3 is 1. The zero-order chi connectivity index (χ0) is 28.2. The molecule has 200 valence electrons. The Morgan fingerprint density at radius 1 is 0.366 bits per heavy atom. The van der Waals surface area contributed by atoms with Crippen LogP contribution in [-0.4, -0.2) is 7.11 Å². The molecule has 6 rings (SSSR count). The first kappa shape index (κ1) is 26.0. The van der Waals surface area contributed by atoms with Gasteiger partial charge in [0, 0.05) is 17.1 Å². The molecule has 0 aromatic heterocycles. The number of benzene rings is 6. The van der Waals surface area contributed by atoms with Crippen LogP contribution in [0.15, 0.2) is 146 Å². The fraction of sp³-hybridized carbons (Fsp3) is 0.0270. The van der Waals surface area contributed by atoms with Gasteiger partial charge in [0.1, 0.15) is 17.4 Å². The van der Waals surface area contributed by atoms with Gasteiger partial charge in [0.05, 0.1) is 7.11 Å². The van der Waals surface area contributed by atoms with Crippen LogP contribution in [0.3, 0.4) is 0 Å². The number of hydrogen-bond acceptors (Lipinski definition) is 2. The maximum absolute atomic E-state index is 13.4. The number of anilines is 3. The molecule has 41 heavy (non-hydrogen) atoms. The van der Waals surface area contributed by atoms with E-state index in [4.69, 9.17) is 4.74 Å². The van der Waals surface area contributed by atoms with Gasteiger partial charge in [0.2, 0.25) is 0 Å². The molecule has 0 aliphatic carbocycles. The van der Waals surface area contributed by atoms with Crippen LogP contribution in [-0.2, 0) is 0 Å². The van der Waals surface area contributed by atoms with E-state index < -0.39 is 0 Å². The van der Waals surface area contributed by atoms with Gasteiger partial charge >= 0.3 is 0 Å². The topological polar surface area (TPSA) is 12.5 Å². The summed E-state index contributed by atoms with van der Waals surface area (Å²) in [6.45, 7) is 0. The molecule has 0 spiro atoms. The molecule has 0 aliphatic rings. The van der Waals surface area contributed by atoms with E-state index in [1.54, 1.807) is 31.4 Å². The molecule has 0 radical (unpaired) electrons. The summed E-state index contributed by atoms with van der Waals surface area (Å²) < 4.78 is 32.2. The average molecular weight is 540 g/mol. The van der Waals surface area contributed by atoms with Crippen LogP contribution >= 0.6 is 0 Å². The summed E-state index contributed by atoms with van der Waals surface area (Å²) in [5.74, 6) is 0.321. The Morgan fingerprint density at radius 3 is 0.878 bits per heavy atom. The lowest BCUT2D eigenvalue weighted by Gasteiger charge is -2.26. The Balaban J connectivity index is 1.36. The highest BCUT2D eigenvalue weighted by Gasteiger charge is 2.14. The molecule has 0 fully saturated rings. The minimum atomic E-state index is -0.251. The SMILES string of the molecule is COc1ccc(-c2ccc(N(c3ccc(-c4ccc(F)cc4)cc3)c3ccc(-c4ccc(F)cc4)cc3)cc2)cc1. The van der Waals surface area contributed by atoms with Crippen molar-refractivity contribution in [3.63, 3.8) is 0 Å².